The molecule has 1 amide bonds. The van der Waals surface area contributed by atoms with Crippen LogP contribution < -0.4 is 5.01 Å². The van der Waals surface area contributed by atoms with E-state index in [1.54, 1.807) is 11.3 Å². The monoisotopic (exact) mass is 256 g/mol. The van der Waals surface area contributed by atoms with E-state index in [4.69, 9.17) is 0 Å². The third kappa shape index (κ3) is 1.75. The summed E-state index contributed by atoms with van der Waals surface area (Å²) in [5.41, 5.74) is 2.70. The number of anilines is 1. The minimum atomic E-state index is -0.226. The third-order valence-corrected chi connectivity index (χ3v) is 3.71. The zero-order valence-electron chi connectivity index (χ0n) is 9.91. The van der Waals surface area contributed by atoms with Gasteiger partial charge in [-0.25, -0.2) is 0 Å². The topological polar surface area (TPSA) is 32.7 Å². The van der Waals surface area contributed by atoms with Gasteiger partial charge >= 0.3 is 0 Å². The van der Waals surface area contributed by atoms with Crippen LogP contribution in [0.25, 0.3) is 0 Å². The van der Waals surface area contributed by atoms with E-state index in [1.807, 2.05) is 54.1 Å². The molecule has 0 bridgehead atoms. The summed E-state index contributed by atoms with van der Waals surface area (Å²) in [6, 6.07) is 11.5. The largest absolute Gasteiger partial charge is 0.271 e. The van der Waals surface area contributed by atoms with Crippen molar-refractivity contribution >= 4 is 28.6 Å². The first-order valence-electron chi connectivity index (χ1n) is 5.73. The Morgan fingerprint density at radius 3 is 2.67 bits per heavy atom. The van der Waals surface area contributed by atoms with Gasteiger partial charge in [-0.15, -0.1) is 0 Å². The van der Waals surface area contributed by atoms with Gasteiger partial charge in [-0.1, -0.05) is 18.2 Å². The van der Waals surface area contributed by atoms with Gasteiger partial charge in [-0.05, 0) is 41.4 Å². The van der Waals surface area contributed by atoms with E-state index in [0.29, 0.717) is 0 Å². The van der Waals surface area contributed by atoms with Crippen molar-refractivity contribution in [1.29, 1.82) is 0 Å². The lowest BCUT2D eigenvalue weighted by atomic mass is 9.98. The number of thiophene rings is 1. The van der Waals surface area contributed by atoms with Crippen LogP contribution in [-0.4, -0.2) is 11.6 Å². The van der Waals surface area contributed by atoms with Crippen LogP contribution in [0.1, 0.15) is 18.4 Å². The highest BCUT2D eigenvalue weighted by Crippen LogP contribution is 2.31. The van der Waals surface area contributed by atoms with Crippen molar-refractivity contribution in [3.05, 3.63) is 52.7 Å². The van der Waals surface area contributed by atoms with Crippen LogP contribution in [0, 0.1) is 0 Å². The van der Waals surface area contributed by atoms with Crippen LogP contribution in [0.5, 0.6) is 0 Å². The molecule has 0 aliphatic carbocycles. The zero-order chi connectivity index (χ0) is 12.5. The molecule has 0 fully saturated rings. The van der Waals surface area contributed by atoms with Crippen LogP contribution in [0.4, 0.5) is 5.69 Å². The maximum absolute atomic E-state index is 12.4. The molecule has 1 aliphatic rings. The Balaban J connectivity index is 1.96. The molecule has 3 rings (SSSR count). The summed E-state index contributed by atoms with van der Waals surface area (Å²) < 4.78 is 0. The lowest BCUT2D eigenvalue weighted by molar-refractivity contribution is -0.118. The first-order valence-corrected chi connectivity index (χ1v) is 6.68. The van der Waals surface area contributed by atoms with Gasteiger partial charge < -0.3 is 0 Å². The van der Waals surface area contributed by atoms with Crippen molar-refractivity contribution < 1.29 is 4.79 Å². The Labute approximate surface area is 109 Å². The normalized spacial score (nSPS) is 19.2. The van der Waals surface area contributed by atoms with Crippen molar-refractivity contribution in [2.75, 3.05) is 5.01 Å². The first-order chi connectivity index (χ1) is 8.77. The number of rotatable bonds is 2. The predicted octanol–water partition coefficient (Wildman–Crippen LogP) is 3.25. The van der Waals surface area contributed by atoms with Gasteiger partial charge in [-0.3, -0.25) is 4.79 Å². The Hall–Kier alpha value is -1.94. The van der Waals surface area contributed by atoms with E-state index in [9.17, 15) is 4.79 Å². The van der Waals surface area contributed by atoms with E-state index in [0.717, 1.165) is 17.0 Å². The molecule has 0 N–H and O–H groups in total. The van der Waals surface area contributed by atoms with Crippen molar-refractivity contribution in [3.8, 4) is 0 Å². The Morgan fingerprint density at radius 1 is 1.22 bits per heavy atom. The second-order valence-corrected chi connectivity index (χ2v) is 5.00. The van der Waals surface area contributed by atoms with Crippen LogP contribution >= 0.6 is 11.3 Å². The average molecular weight is 256 g/mol. The van der Waals surface area contributed by atoms with E-state index in [2.05, 4.69) is 5.10 Å². The summed E-state index contributed by atoms with van der Waals surface area (Å²) >= 11 is 1.60. The van der Waals surface area contributed by atoms with Gasteiger partial charge in [0.05, 0.1) is 11.4 Å². The van der Waals surface area contributed by atoms with E-state index < -0.39 is 0 Å². The van der Waals surface area contributed by atoms with E-state index >= 15 is 0 Å². The second kappa shape index (κ2) is 4.38. The number of hydrogen-bond donors (Lipinski definition) is 0. The summed E-state index contributed by atoms with van der Waals surface area (Å²) in [7, 11) is 0. The first kappa shape index (κ1) is 11.2. The smallest absolute Gasteiger partial charge is 0.260 e. The highest BCUT2D eigenvalue weighted by molar-refractivity contribution is 7.08. The quantitative estimate of drug-likeness (QED) is 0.811. The summed E-state index contributed by atoms with van der Waals surface area (Å²) in [6.45, 7) is 1.91. The van der Waals surface area contributed by atoms with Crippen molar-refractivity contribution in [1.82, 2.24) is 0 Å². The molecule has 1 atom stereocenters. The molecule has 18 heavy (non-hydrogen) atoms. The van der Waals surface area contributed by atoms with Crippen LogP contribution in [0.15, 0.2) is 52.3 Å². The fourth-order valence-electron chi connectivity index (χ4n) is 2.14. The molecule has 1 aliphatic heterocycles. The number of hydrogen-bond acceptors (Lipinski definition) is 3. The Kier molecular flexibility index (Phi) is 2.72. The molecule has 0 radical (unpaired) electrons. The average Bonchev–Trinajstić information content (AvgIpc) is 2.99. The number of carbonyl (C=O) groups is 1. The molecule has 2 heterocycles. The van der Waals surface area contributed by atoms with Gasteiger partial charge in [0, 0.05) is 0 Å². The number of amides is 1. The molecule has 1 unspecified atom stereocenters. The molecule has 3 nitrogen and oxygen atoms in total. The minimum absolute atomic E-state index is 0.0251. The van der Waals surface area contributed by atoms with Crippen molar-refractivity contribution in [2.45, 2.75) is 12.8 Å². The molecular formula is C14H12N2OS. The van der Waals surface area contributed by atoms with Crippen LogP contribution in [0.2, 0.25) is 0 Å². The molecular weight excluding hydrogens is 244 g/mol. The summed E-state index contributed by atoms with van der Waals surface area (Å²) in [5, 5.41) is 9.88. The molecule has 4 heteroatoms. The van der Waals surface area contributed by atoms with Crippen LogP contribution in [0.3, 0.4) is 0 Å². The Morgan fingerprint density at radius 2 is 2.00 bits per heavy atom. The molecule has 2 aromatic rings. The minimum Gasteiger partial charge on any atom is -0.271 e. The number of nitrogens with zero attached hydrogens (tertiary/aromatic N) is 2. The zero-order valence-corrected chi connectivity index (χ0v) is 10.7. The highest BCUT2D eigenvalue weighted by Gasteiger charge is 2.35. The molecule has 1 aromatic carbocycles. The standard InChI is InChI=1S/C14H12N2OS/c1-10-13(11-7-8-18-9-11)14(17)16(15-10)12-5-3-2-4-6-12/h2-9,13H,1H3. The number of hydrazone groups is 1. The van der Waals surface area contributed by atoms with Crippen molar-refractivity contribution in [2.24, 2.45) is 5.10 Å². The highest BCUT2D eigenvalue weighted by atomic mass is 32.1. The van der Waals surface area contributed by atoms with Gasteiger partial charge in [0.25, 0.3) is 5.91 Å². The van der Waals surface area contributed by atoms with Gasteiger partial charge in [0.15, 0.2) is 0 Å². The molecule has 1 aromatic heterocycles. The summed E-state index contributed by atoms with van der Waals surface area (Å²) in [5.74, 6) is -0.200. The summed E-state index contributed by atoms with van der Waals surface area (Å²) in [4.78, 5) is 12.4. The molecule has 0 saturated carbocycles. The molecule has 0 spiro atoms. The van der Waals surface area contributed by atoms with E-state index in [-0.39, 0.29) is 11.8 Å². The third-order valence-electron chi connectivity index (χ3n) is 3.01. The van der Waals surface area contributed by atoms with Gasteiger partial charge in [-0.2, -0.15) is 21.4 Å². The number of carbonyl (C=O) groups excluding carboxylic acids is 1. The fraction of sp³-hybridized carbons (Fsp3) is 0.143. The number of benzene rings is 1. The molecule has 0 saturated heterocycles. The Bertz CT molecular complexity index is 590. The maximum Gasteiger partial charge on any atom is 0.260 e. The number of para-hydroxylation sites is 1. The summed E-state index contributed by atoms with van der Waals surface area (Å²) in [6.07, 6.45) is 0. The fourth-order valence-corrected chi connectivity index (χ4v) is 2.83. The maximum atomic E-state index is 12.4. The van der Waals surface area contributed by atoms with E-state index in [1.165, 1.54) is 5.01 Å². The lowest BCUT2D eigenvalue weighted by Gasteiger charge is -2.13. The van der Waals surface area contributed by atoms with Gasteiger partial charge in [0.1, 0.15) is 5.92 Å². The van der Waals surface area contributed by atoms with Gasteiger partial charge in [0.2, 0.25) is 0 Å². The SMILES string of the molecule is CC1=NN(c2ccccc2)C(=O)C1c1ccsc1. The lowest BCUT2D eigenvalue weighted by Crippen LogP contribution is -2.25. The molecule has 90 valence electrons. The second-order valence-electron chi connectivity index (χ2n) is 4.22. The predicted molar refractivity (Wildman–Crippen MR) is 74.1 cm³/mol. The van der Waals surface area contributed by atoms with Crippen molar-refractivity contribution in [3.63, 3.8) is 0 Å². The van der Waals surface area contributed by atoms with Crippen LogP contribution in [-0.2, 0) is 4.79 Å².